The highest BCUT2D eigenvalue weighted by Crippen LogP contribution is 2.25. The Morgan fingerprint density at radius 1 is 1.07 bits per heavy atom. The molecule has 0 unspecified atom stereocenters. The quantitative estimate of drug-likeness (QED) is 0.731. The van der Waals surface area contributed by atoms with E-state index in [9.17, 15) is 9.18 Å². The maximum atomic E-state index is 13.8. The molecule has 0 radical (unpaired) electrons. The van der Waals surface area contributed by atoms with Gasteiger partial charge in [-0.25, -0.2) is 4.39 Å². The lowest BCUT2D eigenvalue weighted by Crippen LogP contribution is -2.42. The van der Waals surface area contributed by atoms with E-state index in [0.29, 0.717) is 43.9 Å². The maximum Gasteiger partial charge on any atom is 0.257 e. The third-order valence-electron chi connectivity index (χ3n) is 4.77. The first kappa shape index (κ1) is 20.1. The maximum absolute atomic E-state index is 13.8. The molecular weight excluding hydrogens is 359 g/mol. The van der Waals surface area contributed by atoms with Crippen molar-refractivity contribution in [3.63, 3.8) is 0 Å². The smallest absolute Gasteiger partial charge is 0.257 e. The Hall–Kier alpha value is -2.60. The number of likely N-dealkylation sites (N-methyl/N-ethyl adjacent to an activating group) is 1. The zero-order chi connectivity index (χ0) is 19.9. The van der Waals surface area contributed by atoms with Gasteiger partial charge in [0.15, 0.2) is 11.6 Å². The lowest BCUT2D eigenvalue weighted by molar-refractivity contribution is 0.0584. The Kier molecular flexibility index (Phi) is 6.87. The number of benzene rings is 2. The normalized spacial score (nSPS) is 14.9. The zero-order valence-corrected chi connectivity index (χ0v) is 16.4. The number of halogens is 1. The molecule has 0 atom stereocenters. The van der Waals surface area contributed by atoms with Crippen molar-refractivity contribution in [2.24, 2.45) is 0 Å². The summed E-state index contributed by atoms with van der Waals surface area (Å²) in [5.41, 5.74) is 0.578. The molecular formula is C22H27FN2O3. The first-order valence-corrected chi connectivity index (χ1v) is 9.61. The van der Waals surface area contributed by atoms with Crippen molar-refractivity contribution in [1.29, 1.82) is 0 Å². The summed E-state index contributed by atoms with van der Waals surface area (Å²) in [5.74, 6) is 0.487. The van der Waals surface area contributed by atoms with E-state index in [4.69, 9.17) is 9.47 Å². The fraction of sp³-hybridized carbons (Fsp3) is 0.409. The summed E-state index contributed by atoms with van der Waals surface area (Å²) in [4.78, 5) is 16.8. The second-order valence-corrected chi connectivity index (χ2v) is 7.19. The molecule has 0 bridgehead atoms. The number of hydrogen-bond acceptors (Lipinski definition) is 4. The first-order chi connectivity index (χ1) is 13.5. The molecule has 3 rings (SSSR count). The zero-order valence-electron chi connectivity index (χ0n) is 16.4. The van der Waals surface area contributed by atoms with Crippen molar-refractivity contribution in [2.45, 2.75) is 18.9 Å². The second kappa shape index (κ2) is 9.55. The van der Waals surface area contributed by atoms with Crippen molar-refractivity contribution < 1.29 is 18.7 Å². The first-order valence-electron chi connectivity index (χ1n) is 9.61. The molecule has 1 heterocycles. The molecule has 1 amide bonds. The van der Waals surface area contributed by atoms with E-state index in [1.807, 2.05) is 42.1 Å². The van der Waals surface area contributed by atoms with Crippen LogP contribution in [-0.4, -0.2) is 62.1 Å². The fourth-order valence-corrected chi connectivity index (χ4v) is 3.17. The number of hydrogen-bond donors (Lipinski definition) is 0. The largest absolute Gasteiger partial charge is 0.491 e. The van der Waals surface area contributed by atoms with Crippen molar-refractivity contribution in [3.8, 4) is 11.5 Å². The van der Waals surface area contributed by atoms with Gasteiger partial charge in [-0.2, -0.15) is 0 Å². The van der Waals surface area contributed by atoms with Gasteiger partial charge in [-0.05, 0) is 38.4 Å². The third-order valence-corrected chi connectivity index (χ3v) is 4.77. The lowest BCUT2D eigenvalue weighted by Gasteiger charge is -2.32. The summed E-state index contributed by atoms with van der Waals surface area (Å²) in [6.45, 7) is 2.45. The van der Waals surface area contributed by atoms with Crippen LogP contribution in [-0.2, 0) is 0 Å². The molecule has 1 aliphatic heterocycles. The van der Waals surface area contributed by atoms with E-state index in [2.05, 4.69) is 0 Å². The Bertz CT molecular complexity index is 789. The Morgan fingerprint density at radius 3 is 2.39 bits per heavy atom. The second-order valence-electron chi connectivity index (χ2n) is 7.19. The Labute approximate surface area is 165 Å². The van der Waals surface area contributed by atoms with Crippen molar-refractivity contribution >= 4 is 5.91 Å². The minimum Gasteiger partial charge on any atom is -0.491 e. The van der Waals surface area contributed by atoms with Crippen LogP contribution in [0.25, 0.3) is 0 Å². The van der Waals surface area contributed by atoms with Gasteiger partial charge in [-0.3, -0.25) is 4.79 Å². The van der Waals surface area contributed by atoms with Gasteiger partial charge in [-0.15, -0.1) is 0 Å². The van der Waals surface area contributed by atoms with Gasteiger partial charge in [0.25, 0.3) is 5.91 Å². The topological polar surface area (TPSA) is 42.0 Å². The van der Waals surface area contributed by atoms with Crippen LogP contribution in [0.3, 0.4) is 0 Å². The predicted octanol–water partition coefficient (Wildman–Crippen LogP) is 3.45. The van der Waals surface area contributed by atoms with E-state index in [1.54, 1.807) is 24.3 Å². The summed E-state index contributed by atoms with van der Waals surface area (Å²) >= 11 is 0. The summed E-state index contributed by atoms with van der Waals surface area (Å²) in [6.07, 6.45) is 1.25. The predicted molar refractivity (Wildman–Crippen MR) is 106 cm³/mol. The number of ether oxygens (including phenoxy) is 2. The molecule has 0 saturated carbocycles. The summed E-state index contributed by atoms with van der Waals surface area (Å²) < 4.78 is 25.4. The molecule has 28 heavy (non-hydrogen) atoms. The van der Waals surface area contributed by atoms with E-state index < -0.39 is 0 Å². The van der Waals surface area contributed by atoms with Crippen molar-refractivity contribution in [2.75, 3.05) is 40.3 Å². The van der Waals surface area contributed by atoms with Gasteiger partial charge in [0.05, 0.1) is 5.56 Å². The van der Waals surface area contributed by atoms with E-state index >= 15 is 0 Å². The van der Waals surface area contributed by atoms with Crippen LogP contribution >= 0.6 is 0 Å². The van der Waals surface area contributed by atoms with Crippen LogP contribution in [0.4, 0.5) is 4.39 Å². The van der Waals surface area contributed by atoms with Crippen molar-refractivity contribution in [1.82, 2.24) is 9.80 Å². The number of carbonyl (C=O) groups excluding carboxylic acids is 1. The lowest BCUT2D eigenvalue weighted by atomic mass is 10.1. The van der Waals surface area contributed by atoms with Gasteiger partial charge in [0.2, 0.25) is 0 Å². The minimum absolute atomic E-state index is 0.0372. The van der Waals surface area contributed by atoms with Gasteiger partial charge in [0.1, 0.15) is 18.5 Å². The van der Waals surface area contributed by atoms with E-state index in [-0.39, 0.29) is 23.6 Å². The number of carbonyl (C=O) groups is 1. The number of nitrogens with zero attached hydrogens (tertiary/aromatic N) is 2. The van der Waals surface area contributed by atoms with Crippen LogP contribution < -0.4 is 9.47 Å². The van der Waals surface area contributed by atoms with Gasteiger partial charge >= 0.3 is 0 Å². The summed E-state index contributed by atoms with van der Waals surface area (Å²) in [7, 11) is 3.96. The number of para-hydroxylation sites is 2. The molecule has 0 N–H and O–H groups in total. The van der Waals surface area contributed by atoms with Gasteiger partial charge in [-0.1, -0.05) is 24.3 Å². The minimum atomic E-state index is -0.357. The van der Waals surface area contributed by atoms with Crippen LogP contribution in [0.5, 0.6) is 11.5 Å². The highest BCUT2D eigenvalue weighted by Gasteiger charge is 2.26. The van der Waals surface area contributed by atoms with Gasteiger partial charge < -0.3 is 19.3 Å². The van der Waals surface area contributed by atoms with E-state index in [0.717, 1.165) is 6.54 Å². The van der Waals surface area contributed by atoms with Crippen molar-refractivity contribution in [3.05, 3.63) is 59.9 Å². The molecule has 150 valence electrons. The van der Waals surface area contributed by atoms with E-state index in [1.165, 1.54) is 6.07 Å². The monoisotopic (exact) mass is 386 g/mol. The molecule has 1 saturated heterocycles. The molecule has 1 fully saturated rings. The van der Waals surface area contributed by atoms with Gasteiger partial charge in [0, 0.05) is 32.5 Å². The summed E-state index contributed by atoms with van der Waals surface area (Å²) in [5, 5.41) is 0. The van der Waals surface area contributed by atoms with Crippen LogP contribution in [0, 0.1) is 5.82 Å². The number of piperidine rings is 1. The Balaban J connectivity index is 1.57. The molecule has 0 aliphatic carbocycles. The molecule has 2 aromatic rings. The molecule has 0 spiro atoms. The number of rotatable bonds is 7. The molecule has 1 aliphatic rings. The van der Waals surface area contributed by atoms with Crippen LogP contribution in [0.2, 0.25) is 0 Å². The number of likely N-dealkylation sites (tertiary alicyclic amines) is 1. The van der Waals surface area contributed by atoms with Crippen LogP contribution in [0.1, 0.15) is 23.2 Å². The molecule has 2 aromatic carbocycles. The molecule has 5 nitrogen and oxygen atoms in total. The third kappa shape index (κ3) is 5.23. The highest BCUT2D eigenvalue weighted by molar-refractivity contribution is 5.97. The summed E-state index contributed by atoms with van der Waals surface area (Å²) in [6, 6.07) is 13.8. The molecule has 6 heteroatoms. The number of amides is 1. The average Bonchev–Trinajstić information content (AvgIpc) is 2.70. The molecule has 0 aromatic heterocycles. The standard InChI is InChI=1S/C22H27FN2O3/c1-24(2)15-16-27-20-9-5-3-7-18(20)22(26)25-13-11-17(12-14-25)28-21-10-6-4-8-19(21)23/h3-10,17H,11-16H2,1-2H3. The average molecular weight is 386 g/mol. The SMILES string of the molecule is CN(C)CCOc1ccccc1C(=O)N1CCC(Oc2ccccc2F)CC1. The Morgan fingerprint density at radius 2 is 1.71 bits per heavy atom. The highest BCUT2D eigenvalue weighted by atomic mass is 19.1. The fourth-order valence-electron chi connectivity index (χ4n) is 3.17. The van der Waals surface area contributed by atoms with Crippen LogP contribution in [0.15, 0.2) is 48.5 Å².